The van der Waals surface area contributed by atoms with Gasteiger partial charge >= 0.3 is 5.97 Å². The lowest BCUT2D eigenvalue weighted by Crippen LogP contribution is -2.35. The number of hydrogen-bond donors (Lipinski definition) is 2. The van der Waals surface area contributed by atoms with Crippen LogP contribution in [0.2, 0.25) is 0 Å². The molecule has 0 saturated heterocycles. The maximum Gasteiger partial charge on any atom is 0.352 e. The van der Waals surface area contributed by atoms with Crippen LogP contribution in [0.3, 0.4) is 0 Å². The van der Waals surface area contributed by atoms with E-state index in [4.69, 9.17) is 5.11 Å². The molecule has 0 aromatic carbocycles. The van der Waals surface area contributed by atoms with Crippen molar-refractivity contribution in [2.45, 2.75) is 58.5 Å². The summed E-state index contributed by atoms with van der Waals surface area (Å²) in [5.74, 6) is -1.16. The second-order valence-corrected chi connectivity index (χ2v) is 5.14. The highest BCUT2D eigenvalue weighted by Crippen LogP contribution is 2.06. The topological polar surface area (TPSA) is 71.3 Å². The normalized spacial score (nSPS) is 12.1. The third kappa shape index (κ3) is 5.47. The van der Waals surface area contributed by atoms with Crippen LogP contribution in [0.15, 0.2) is 18.3 Å². The van der Waals surface area contributed by atoms with E-state index in [1.165, 1.54) is 29.9 Å². The first-order valence-electron chi connectivity index (χ1n) is 7.22. The maximum absolute atomic E-state index is 11.9. The van der Waals surface area contributed by atoms with Crippen LogP contribution in [0, 0.1) is 0 Å². The van der Waals surface area contributed by atoms with Gasteiger partial charge in [0.05, 0.1) is 0 Å². The molecule has 0 bridgehead atoms. The monoisotopic (exact) mass is 280 g/mol. The quantitative estimate of drug-likeness (QED) is 0.683. The van der Waals surface area contributed by atoms with Crippen molar-refractivity contribution in [3.8, 4) is 0 Å². The highest BCUT2D eigenvalue weighted by atomic mass is 16.4. The second-order valence-electron chi connectivity index (χ2n) is 5.14. The van der Waals surface area contributed by atoms with Gasteiger partial charge in [-0.3, -0.25) is 4.79 Å². The van der Waals surface area contributed by atoms with Gasteiger partial charge in [0, 0.05) is 12.2 Å². The second kappa shape index (κ2) is 8.40. The number of rotatable bonds is 9. The minimum Gasteiger partial charge on any atom is -0.477 e. The summed E-state index contributed by atoms with van der Waals surface area (Å²) >= 11 is 0. The van der Waals surface area contributed by atoms with Gasteiger partial charge in [0.25, 0.3) is 0 Å². The molecule has 1 amide bonds. The lowest BCUT2D eigenvalue weighted by Gasteiger charge is -2.14. The molecule has 0 aliphatic heterocycles. The van der Waals surface area contributed by atoms with Crippen LogP contribution in [0.4, 0.5) is 0 Å². The van der Waals surface area contributed by atoms with Crippen LogP contribution >= 0.6 is 0 Å². The molecule has 5 nitrogen and oxygen atoms in total. The molecular formula is C15H24N2O3. The third-order valence-corrected chi connectivity index (χ3v) is 3.26. The predicted octanol–water partition coefficient (Wildman–Crippen LogP) is 2.66. The van der Waals surface area contributed by atoms with Gasteiger partial charge in [-0.05, 0) is 25.5 Å². The molecule has 1 aromatic rings. The molecule has 0 aliphatic rings. The largest absolute Gasteiger partial charge is 0.477 e. The number of amides is 1. The summed E-state index contributed by atoms with van der Waals surface area (Å²) in [6.07, 6.45) is 7.30. The van der Waals surface area contributed by atoms with E-state index >= 15 is 0 Å². The van der Waals surface area contributed by atoms with Crippen LogP contribution in [0.25, 0.3) is 0 Å². The van der Waals surface area contributed by atoms with Gasteiger partial charge in [0.15, 0.2) is 0 Å². The zero-order chi connectivity index (χ0) is 15.0. The van der Waals surface area contributed by atoms with Gasteiger partial charge in [-0.15, -0.1) is 0 Å². The number of carboxylic acid groups (broad SMARTS) is 1. The van der Waals surface area contributed by atoms with Crippen molar-refractivity contribution in [1.82, 2.24) is 9.88 Å². The Hall–Kier alpha value is -1.78. The highest BCUT2D eigenvalue weighted by molar-refractivity contribution is 5.86. The molecule has 1 atom stereocenters. The Kier molecular flexibility index (Phi) is 6.84. The summed E-state index contributed by atoms with van der Waals surface area (Å²) in [5.41, 5.74) is 0.135. The number of aromatic nitrogens is 1. The van der Waals surface area contributed by atoms with Crippen LogP contribution < -0.4 is 5.32 Å². The van der Waals surface area contributed by atoms with E-state index in [0.717, 1.165) is 12.8 Å². The van der Waals surface area contributed by atoms with Crippen molar-refractivity contribution >= 4 is 11.9 Å². The lowest BCUT2D eigenvalue weighted by atomic mass is 10.1. The SMILES string of the molecule is CCCCCCC(C)NC(=O)Cn1cccc1C(=O)O. The Morgan fingerprint density at radius 2 is 2.10 bits per heavy atom. The molecular weight excluding hydrogens is 256 g/mol. The summed E-state index contributed by atoms with van der Waals surface area (Å²) in [7, 11) is 0. The first-order valence-corrected chi connectivity index (χ1v) is 7.22. The highest BCUT2D eigenvalue weighted by Gasteiger charge is 2.13. The summed E-state index contributed by atoms with van der Waals surface area (Å²) in [5, 5.41) is 11.9. The van der Waals surface area contributed by atoms with Crippen molar-refractivity contribution in [3.63, 3.8) is 0 Å². The Bertz CT molecular complexity index is 440. The molecule has 1 aromatic heterocycles. The van der Waals surface area contributed by atoms with Gasteiger partial charge in [0.1, 0.15) is 12.2 Å². The molecule has 0 spiro atoms. The van der Waals surface area contributed by atoms with Crippen LogP contribution in [0.5, 0.6) is 0 Å². The van der Waals surface area contributed by atoms with E-state index in [1.807, 2.05) is 6.92 Å². The van der Waals surface area contributed by atoms with Crippen molar-refractivity contribution in [2.75, 3.05) is 0 Å². The Labute approximate surface area is 120 Å². The third-order valence-electron chi connectivity index (χ3n) is 3.26. The molecule has 112 valence electrons. The molecule has 0 fully saturated rings. The predicted molar refractivity (Wildman–Crippen MR) is 77.8 cm³/mol. The zero-order valence-corrected chi connectivity index (χ0v) is 12.3. The van der Waals surface area contributed by atoms with Crippen LogP contribution in [0.1, 0.15) is 56.4 Å². The minimum absolute atomic E-state index is 0.0495. The Morgan fingerprint density at radius 3 is 2.75 bits per heavy atom. The van der Waals surface area contributed by atoms with Gasteiger partial charge in [0.2, 0.25) is 5.91 Å². The Morgan fingerprint density at radius 1 is 1.35 bits per heavy atom. The average molecular weight is 280 g/mol. The van der Waals surface area contributed by atoms with Gasteiger partial charge in [-0.1, -0.05) is 32.6 Å². The van der Waals surface area contributed by atoms with Crippen molar-refractivity contribution in [2.24, 2.45) is 0 Å². The average Bonchev–Trinajstić information content (AvgIpc) is 2.82. The molecule has 0 saturated carbocycles. The van der Waals surface area contributed by atoms with E-state index < -0.39 is 5.97 Å². The maximum atomic E-state index is 11.9. The van der Waals surface area contributed by atoms with E-state index in [9.17, 15) is 9.59 Å². The molecule has 1 rings (SSSR count). The molecule has 1 unspecified atom stereocenters. The number of carbonyl (C=O) groups excluding carboxylic acids is 1. The molecule has 20 heavy (non-hydrogen) atoms. The summed E-state index contributed by atoms with van der Waals surface area (Å²) in [6.45, 7) is 4.20. The van der Waals surface area contributed by atoms with Crippen molar-refractivity contribution in [3.05, 3.63) is 24.0 Å². The fourth-order valence-electron chi connectivity index (χ4n) is 2.17. The number of hydrogen-bond acceptors (Lipinski definition) is 2. The van der Waals surface area contributed by atoms with E-state index in [1.54, 1.807) is 12.3 Å². The summed E-state index contributed by atoms with van der Waals surface area (Å²) in [4.78, 5) is 22.8. The van der Waals surface area contributed by atoms with Gasteiger partial charge < -0.3 is 15.0 Å². The summed E-state index contributed by atoms with van der Waals surface area (Å²) in [6, 6.07) is 3.25. The first-order chi connectivity index (χ1) is 9.54. The number of unbranched alkanes of at least 4 members (excludes halogenated alkanes) is 3. The fraction of sp³-hybridized carbons (Fsp3) is 0.600. The van der Waals surface area contributed by atoms with Crippen molar-refractivity contribution < 1.29 is 14.7 Å². The zero-order valence-electron chi connectivity index (χ0n) is 12.3. The number of nitrogens with one attached hydrogen (secondary N) is 1. The van der Waals surface area contributed by atoms with Crippen LogP contribution in [-0.4, -0.2) is 27.6 Å². The van der Waals surface area contributed by atoms with Crippen molar-refractivity contribution in [1.29, 1.82) is 0 Å². The van der Waals surface area contributed by atoms with Gasteiger partial charge in [-0.2, -0.15) is 0 Å². The molecule has 5 heteroatoms. The van der Waals surface area contributed by atoms with Gasteiger partial charge in [-0.25, -0.2) is 4.79 Å². The summed E-state index contributed by atoms with van der Waals surface area (Å²) < 4.78 is 1.45. The molecule has 0 aliphatic carbocycles. The fourth-order valence-corrected chi connectivity index (χ4v) is 2.17. The Balaban J connectivity index is 2.35. The first kappa shape index (κ1) is 16.3. The van der Waals surface area contributed by atoms with E-state index in [-0.39, 0.29) is 24.2 Å². The standard InChI is InChI=1S/C15H24N2O3/c1-3-4-5-6-8-12(2)16-14(18)11-17-10-7-9-13(17)15(19)20/h7,9-10,12H,3-6,8,11H2,1-2H3,(H,16,18)(H,19,20). The van der Waals surface area contributed by atoms with Crippen LogP contribution in [-0.2, 0) is 11.3 Å². The number of carbonyl (C=O) groups is 2. The number of carboxylic acids is 1. The smallest absolute Gasteiger partial charge is 0.352 e. The minimum atomic E-state index is -1.02. The van der Waals surface area contributed by atoms with E-state index in [0.29, 0.717) is 0 Å². The van der Waals surface area contributed by atoms with E-state index in [2.05, 4.69) is 12.2 Å². The molecule has 0 radical (unpaired) electrons. The molecule has 2 N–H and O–H groups in total. The number of nitrogens with zero attached hydrogens (tertiary/aromatic N) is 1. The molecule has 1 heterocycles. The number of aromatic carboxylic acids is 1. The lowest BCUT2D eigenvalue weighted by molar-refractivity contribution is -0.122.